The SMILES string of the molecule is CC(C)C(C(C)C)=[N+](C)O. The van der Waals surface area contributed by atoms with Gasteiger partial charge >= 0.3 is 0 Å². The van der Waals surface area contributed by atoms with E-state index < -0.39 is 0 Å². The quantitative estimate of drug-likeness (QED) is 0.271. The van der Waals surface area contributed by atoms with Crippen LogP contribution in [0.4, 0.5) is 0 Å². The van der Waals surface area contributed by atoms with Crippen molar-refractivity contribution < 1.29 is 9.95 Å². The van der Waals surface area contributed by atoms with Gasteiger partial charge in [-0.2, -0.15) is 0 Å². The van der Waals surface area contributed by atoms with Crippen molar-refractivity contribution in [1.29, 1.82) is 0 Å². The van der Waals surface area contributed by atoms with Crippen LogP contribution in [0.1, 0.15) is 27.7 Å². The van der Waals surface area contributed by atoms with Crippen molar-refractivity contribution in [1.82, 2.24) is 0 Å². The summed E-state index contributed by atoms with van der Waals surface area (Å²) in [6.45, 7) is 8.34. The van der Waals surface area contributed by atoms with Gasteiger partial charge in [-0.1, -0.05) is 27.7 Å². The molecule has 60 valence electrons. The van der Waals surface area contributed by atoms with E-state index in [0.717, 1.165) is 5.71 Å². The summed E-state index contributed by atoms with van der Waals surface area (Å²) in [5.74, 6) is 0.852. The van der Waals surface area contributed by atoms with Crippen LogP contribution in [0.3, 0.4) is 0 Å². The summed E-state index contributed by atoms with van der Waals surface area (Å²) in [6, 6.07) is 0. The summed E-state index contributed by atoms with van der Waals surface area (Å²) >= 11 is 0. The molecule has 0 rings (SSSR count). The maximum atomic E-state index is 9.15. The fraction of sp³-hybridized carbons (Fsp3) is 0.875. The van der Waals surface area contributed by atoms with Crippen molar-refractivity contribution in [3.05, 3.63) is 0 Å². The number of hydrogen-bond acceptors (Lipinski definition) is 1. The molecule has 2 nitrogen and oxygen atoms in total. The van der Waals surface area contributed by atoms with Crippen LogP contribution >= 0.6 is 0 Å². The van der Waals surface area contributed by atoms with Crippen LogP contribution in [-0.4, -0.2) is 22.7 Å². The Kier molecular flexibility index (Phi) is 3.40. The first-order valence-electron chi connectivity index (χ1n) is 3.76. The van der Waals surface area contributed by atoms with Crippen molar-refractivity contribution >= 4 is 5.71 Å². The smallest absolute Gasteiger partial charge is 0.208 e. The molecule has 0 aliphatic rings. The Morgan fingerprint density at radius 2 is 1.40 bits per heavy atom. The highest BCUT2D eigenvalue weighted by Gasteiger charge is 2.19. The molecule has 1 N–H and O–H groups in total. The molecule has 0 saturated carbocycles. The Labute approximate surface area is 63.1 Å². The third-order valence-corrected chi connectivity index (χ3v) is 1.56. The average Bonchev–Trinajstić information content (AvgIpc) is 1.59. The molecule has 10 heavy (non-hydrogen) atoms. The van der Waals surface area contributed by atoms with Crippen LogP contribution in [0.15, 0.2) is 0 Å². The fourth-order valence-electron chi connectivity index (χ4n) is 1.41. The van der Waals surface area contributed by atoms with E-state index in [1.54, 1.807) is 7.05 Å². The molecule has 0 aliphatic carbocycles. The van der Waals surface area contributed by atoms with Crippen molar-refractivity contribution in [3.8, 4) is 0 Å². The van der Waals surface area contributed by atoms with E-state index >= 15 is 0 Å². The molecule has 2 heteroatoms. The Morgan fingerprint density at radius 1 is 1.10 bits per heavy atom. The number of rotatable bonds is 2. The van der Waals surface area contributed by atoms with E-state index in [0.29, 0.717) is 11.8 Å². The summed E-state index contributed by atoms with van der Waals surface area (Å²) in [5.41, 5.74) is 1.08. The van der Waals surface area contributed by atoms with Gasteiger partial charge < -0.3 is 0 Å². The summed E-state index contributed by atoms with van der Waals surface area (Å²) in [7, 11) is 1.68. The fourth-order valence-corrected chi connectivity index (χ4v) is 1.41. The molecule has 0 unspecified atom stereocenters. The zero-order valence-electron chi connectivity index (χ0n) is 7.55. The molecule has 0 aliphatic heterocycles. The molecule has 0 atom stereocenters. The molecule has 0 aromatic carbocycles. The lowest BCUT2D eigenvalue weighted by molar-refractivity contribution is -0.757. The lowest BCUT2D eigenvalue weighted by Crippen LogP contribution is -2.25. The van der Waals surface area contributed by atoms with Gasteiger partial charge in [-0.25, -0.2) is 0 Å². The van der Waals surface area contributed by atoms with Crippen LogP contribution in [0.2, 0.25) is 0 Å². The minimum absolute atomic E-state index is 0.426. The second kappa shape index (κ2) is 3.59. The summed E-state index contributed by atoms with van der Waals surface area (Å²) in [6.07, 6.45) is 0. The first kappa shape index (κ1) is 9.47. The van der Waals surface area contributed by atoms with Crippen LogP contribution in [0.5, 0.6) is 0 Å². The van der Waals surface area contributed by atoms with Gasteiger partial charge in [0.25, 0.3) is 0 Å². The van der Waals surface area contributed by atoms with E-state index in [9.17, 15) is 0 Å². The standard InChI is InChI=1S/C8H18NO/c1-6(2)8(7(3)4)9(5)10/h6-7,10H,1-5H3/q+1. The molecular formula is C8H18NO+. The molecule has 0 bridgehead atoms. The van der Waals surface area contributed by atoms with Crippen molar-refractivity contribution in [2.24, 2.45) is 11.8 Å². The molecule has 0 spiro atoms. The third kappa shape index (κ3) is 2.38. The van der Waals surface area contributed by atoms with E-state index in [1.165, 1.54) is 4.74 Å². The maximum absolute atomic E-state index is 9.15. The summed E-state index contributed by atoms with van der Waals surface area (Å²) in [5, 5.41) is 9.15. The molecule has 0 amide bonds. The first-order valence-corrected chi connectivity index (χ1v) is 3.76. The van der Waals surface area contributed by atoms with Crippen LogP contribution < -0.4 is 0 Å². The largest absolute Gasteiger partial charge is 0.291 e. The van der Waals surface area contributed by atoms with Gasteiger partial charge in [0.1, 0.15) is 0 Å². The molecule has 0 aromatic heterocycles. The lowest BCUT2D eigenvalue weighted by Gasteiger charge is -2.07. The minimum atomic E-state index is 0.426. The maximum Gasteiger partial charge on any atom is 0.208 e. The molecular weight excluding hydrogens is 126 g/mol. The van der Waals surface area contributed by atoms with Crippen LogP contribution in [-0.2, 0) is 0 Å². The Bertz CT molecular complexity index is 122. The predicted octanol–water partition coefficient (Wildman–Crippen LogP) is 1.77. The summed E-state index contributed by atoms with van der Waals surface area (Å²) in [4.78, 5) is 0. The van der Waals surface area contributed by atoms with Crippen molar-refractivity contribution in [2.45, 2.75) is 27.7 Å². The highest BCUT2D eigenvalue weighted by atomic mass is 16.5. The predicted molar refractivity (Wildman–Crippen MR) is 42.7 cm³/mol. The van der Waals surface area contributed by atoms with Gasteiger partial charge in [-0.15, -0.1) is 0 Å². The number of nitrogens with zero attached hydrogens (tertiary/aromatic N) is 1. The monoisotopic (exact) mass is 144 g/mol. The van der Waals surface area contributed by atoms with E-state index in [4.69, 9.17) is 5.21 Å². The van der Waals surface area contributed by atoms with Gasteiger partial charge in [-0.3, -0.25) is 5.21 Å². The van der Waals surface area contributed by atoms with Gasteiger partial charge in [0, 0.05) is 11.8 Å². The molecule has 0 aromatic rings. The van der Waals surface area contributed by atoms with Gasteiger partial charge in [0.15, 0.2) is 7.05 Å². The molecule has 0 fully saturated rings. The Morgan fingerprint density at radius 3 is 1.40 bits per heavy atom. The number of hydroxylamine groups is 1. The Hall–Kier alpha value is -0.530. The third-order valence-electron chi connectivity index (χ3n) is 1.56. The molecule has 0 saturated heterocycles. The van der Waals surface area contributed by atoms with E-state index in [-0.39, 0.29) is 0 Å². The first-order chi connectivity index (χ1) is 4.46. The highest BCUT2D eigenvalue weighted by molar-refractivity contribution is 5.83. The van der Waals surface area contributed by atoms with Gasteiger partial charge in [-0.05, 0) is 4.74 Å². The van der Waals surface area contributed by atoms with Crippen molar-refractivity contribution in [2.75, 3.05) is 7.05 Å². The highest BCUT2D eigenvalue weighted by Crippen LogP contribution is 2.05. The molecule has 0 heterocycles. The van der Waals surface area contributed by atoms with Gasteiger partial charge in [0.2, 0.25) is 5.71 Å². The molecule has 0 radical (unpaired) electrons. The average molecular weight is 144 g/mol. The zero-order valence-corrected chi connectivity index (χ0v) is 7.55. The zero-order chi connectivity index (χ0) is 8.31. The second-order valence-electron chi connectivity index (χ2n) is 3.26. The topological polar surface area (TPSA) is 23.2 Å². The minimum Gasteiger partial charge on any atom is -0.291 e. The van der Waals surface area contributed by atoms with E-state index in [2.05, 4.69) is 27.7 Å². The number of hydrogen-bond donors (Lipinski definition) is 1. The van der Waals surface area contributed by atoms with Gasteiger partial charge in [0.05, 0.1) is 0 Å². The summed E-state index contributed by atoms with van der Waals surface area (Å²) < 4.78 is 1.23. The van der Waals surface area contributed by atoms with E-state index in [1.807, 2.05) is 0 Å². The van der Waals surface area contributed by atoms with Crippen LogP contribution in [0.25, 0.3) is 0 Å². The van der Waals surface area contributed by atoms with Crippen molar-refractivity contribution in [3.63, 3.8) is 0 Å². The Balaban J connectivity index is 4.44. The second-order valence-corrected chi connectivity index (χ2v) is 3.26. The normalized spacial score (nSPS) is 10.7. The van der Waals surface area contributed by atoms with Crippen LogP contribution in [0, 0.1) is 11.8 Å². The lowest BCUT2D eigenvalue weighted by atomic mass is 9.97.